The lowest BCUT2D eigenvalue weighted by Gasteiger charge is -2.29. The molecular formula is C19H26N4O3. The Hall–Kier alpha value is -2.25. The lowest BCUT2D eigenvalue weighted by Crippen LogP contribution is -2.45. The monoisotopic (exact) mass is 358 g/mol. The van der Waals surface area contributed by atoms with Crippen LogP contribution in [0.2, 0.25) is 0 Å². The molecule has 0 aliphatic carbocycles. The molecule has 0 bridgehead atoms. The molecule has 1 aliphatic rings. The van der Waals surface area contributed by atoms with Gasteiger partial charge in [-0.15, -0.1) is 0 Å². The van der Waals surface area contributed by atoms with Crippen LogP contribution < -0.4 is 0 Å². The number of amides is 1. The topological polar surface area (TPSA) is 71.7 Å². The van der Waals surface area contributed by atoms with Crippen LogP contribution in [0.15, 0.2) is 34.9 Å². The number of carbonyl (C=O) groups excluding carboxylic acids is 1. The normalized spacial score (nSPS) is 17.5. The fraction of sp³-hybridized carbons (Fsp3) is 0.526. The number of nitrogens with zero attached hydrogens (tertiary/aromatic N) is 4. The van der Waals surface area contributed by atoms with Crippen molar-refractivity contribution in [3.05, 3.63) is 47.6 Å². The van der Waals surface area contributed by atoms with E-state index in [1.165, 1.54) is 5.56 Å². The molecule has 1 saturated heterocycles. The van der Waals surface area contributed by atoms with E-state index >= 15 is 0 Å². The third kappa shape index (κ3) is 4.47. The first-order valence-corrected chi connectivity index (χ1v) is 9.08. The van der Waals surface area contributed by atoms with E-state index in [0.29, 0.717) is 31.4 Å². The van der Waals surface area contributed by atoms with Crippen LogP contribution in [0.4, 0.5) is 0 Å². The molecule has 26 heavy (non-hydrogen) atoms. The summed E-state index contributed by atoms with van der Waals surface area (Å²) in [6, 6.07) is 10.2. The van der Waals surface area contributed by atoms with E-state index in [2.05, 4.69) is 27.2 Å². The van der Waals surface area contributed by atoms with E-state index in [1.54, 1.807) is 12.0 Å². The SMILES string of the molecule is CCN(Cc1nc(COC)no1)C(=O)[C@@H]1CCCN1Cc1ccccc1. The zero-order valence-electron chi connectivity index (χ0n) is 15.4. The average Bonchev–Trinajstić information content (AvgIpc) is 3.30. The Bertz CT molecular complexity index is 704. The number of likely N-dealkylation sites (tertiary alicyclic amines) is 1. The Morgan fingerprint density at radius 2 is 2.19 bits per heavy atom. The third-order valence-corrected chi connectivity index (χ3v) is 4.68. The van der Waals surface area contributed by atoms with Crippen LogP contribution in [-0.2, 0) is 29.2 Å². The van der Waals surface area contributed by atoms with Crippen LogP contribution in [0, 0.1) is 0 Å². The quantitative estimate of drug-likeness (QED) is 0.721. The third-order valence-electron chi connectivity index (χ3n) is 4.68. The number of benzene rings is 1. The van der Waals surface area contributed by atoms with Crippen LogP contribution in [0.5, 0.6) is 0 Å². The summed E-state index contributed by atoms with van der Waals surface area (Å²) < 4.78 is 10.2. The Kier molecular flexibility index (Phi) is 6.35. The van der Waals surface area contributed by atoms with Gasteiger partial charge in [0.15, 0.2) is 5.82 Å². The van der Waals surface area contributed by atoms with Gasteiger partial charge in [0.25, 0.3) is 0 Å². The molecule has 0 spiro atoms. The van der Waals surface area contributed by atoms with E-state index in [4.69, 9.17) is 9.26 Å². The number of hydrogen-bond acceptors (Lipinski definition) is 6. The summed E-state index contributed by atoms with van der Waals surface area (Å²) in [7, 11) is 1.58. The largest absolute Gasteiger partial charge is 0.377 e. The van der Waals surface area contributed by atoms with Crippen molar-refractivity contribution in [1.29, 1.82) is 0 Å². The van der Waals surface area contributed by atoms with Gasteiger partial charge in [-0.05, 0) is 31.9 Å². The number of rotatable bonds is 8. The lowest BCUT2D eigenvalue weighted by molar-refractivity contribution is -0.137. The molecule has 2 heterocycles. The van der Waals surface area contributed by atoms with Crippen LogP contribution in [0.3, 0.4) is 0 Å². The molecule has 7 nitrogen and oxygen atoms in total. The summed E-state index contributed by atoms with van der Waals surface area (Å²) in [5.41, 5.74) is 1.23. The molecule has 1 fully saturated rings. The van der Waals surface area contributed by atoms with E-state index in [0.717, 1.165) is 25.9 Å². The van der Waals surface area contributed by atoms with Crippen molar-refractivity contribution in [1.82, 2.24) is 19.9 Å². The minimum Gasteiger partial charge on any atom is -0.377 e. The average molecular weight is 358 g/mol. The van der Waals surface area contributed by atoms with Gasteiger partial charge >= 0.3 is 0 Å². The van der Waals surface area contributed by atoms with Crippen molar-refractivity contribution in [2.75, 3.05) is 20.2 Å². The van der Waals surface area contributed by atoms with Gasteiger partial charge in [-0.3, -0.25) is 9.69 Å². The fourth-order valence-electron chi connectivity index (χ4n) is 3.37. The highest BCUT2D eigenvalue weighted by Crippen LogP contribution is 2.22. The first-order valence-electron chi connectivity index (χ1n) is 9.08. The van der Waals surface area contributed by atoms with Crippen molar-refractivity contribution in [2.24, 2.45) is 0 Å². The fourth-order valence-corrected chi connectivity index (χ4v) is 3.37. The second kappa shape index (κ2) is 8.91. The standard InChI is InChI=1S/C19H26N4O3/c1-3-22(13-18-20-17(14-25-2)21-26-18)19(24)16-10-7-11-23(16)12-15-8-5-4-6-9-15/h4-6,8-9,16H,3,7,10-14H2,1-2H3/t16-/m0/s1. The van der Waals surface area contributed by atoms with E-state index in [-0.39, 0.29) is 11.9 Å². The number of carbonyl (C=O) groups is 1. The first-order chi connectivity index (χ1) is 12.7. The van der Waals surface area contributed by atoms with Crippen LogP contribution in [0.25, 0.3) is 0 Å². The maximum Gasteiger partial charge on any atom is 0.246 e. The number of likely N-dealkylation sites (N-methyl/N-ethyl adjacent to an activating group) is 1. The van der Waals surface area contributed by atoms with E-state index < -0.39 is 0 Å². The van der Waals surface area contributed by atoms with Crippen LogP contribution in [-0.4, -0.2) is 52.1 Å². The Morgan fingerprint density at radius 3 is 2.92 bits per heavy atom. The van der Waals surface area contributed by atoms with E-state index in [9.17, 15) is 4.79 Å². The van der Waals surface area contributed by atoms with Crippen molar-refractivity contribution in [3.8, 4) is 0 Å². The van der Waals surface area contributed by atoms with Crippen molar-refractivity contribution < 1.29 is 14.1 Å². The molecule has 1 aromatic heterocycles. The molecule has 1 atom stereocenters. The van der Waals surface area contributed by atoms with E-state index in [1.807, 2.05) is 25.1 Å². The van der Waals surface area contributed by atoms with Crippen molar-refractivity contribution >= 4 is 5.91 Å². The summed E-state index contributed by atoms with van der Waals surface area (Å²) >= 11 is 0. The summed E-state index contributed by atoms with van der Waals surface area (Å²) in [6.07, 6.45) is 1.93. The summed E-state index contributed by atoms with van der Waals surface area (Å²) in [5, 5.41) is 3.86. The number of hydrogen-bond donors (Lipinski definition) is 0. The molecule has 0 radical (unpaired) electrons. The lowest BCUT2D eigenvalue weighted by atomic mass is 10.1. The molecule has 0 saturated carbocycles. The smallest absolute Gasteiger partial charge is 0.246 e. The maximum absolute atomic E-state index is 13.1. The molecule has 1 aromatic carbocycles. The highest BCUT2D eigenvalue weighted by atomic mass is 16.5. The number of aromatic nitrogens is 2. The van der Waals surface area contributed by atoms with Gasteiger partial charge in [0, 0.05) is 20.2 Å². The minimum atomic E-state index is -0.0866. The first kappa shape index (κ1) is 18.5. The molecule has 1 amide bonds. The van der Waals surface area contributed by atoms with Crippen molar-refractivity contribution in [3.63, 3.8) is 0 Å². The Balaban J connectivity index is 1.64. The maximum atomic E-state index is 13.1. The number of methoxy groups -OCH3 is 1. The summed E-state index contributed by atoms with van der Waals surface area (Å²) in [4.78, 5) is 21.4. The molecule has 2 aromatic rings. The van der Waals surface area contributed by atoms with Crippen LogP contribution >= 0.6 is 0 Å². The van der Waals surface area contributed by atoms with Gasteiger partial charge in [-0.2, -0.15) is 4.98 Å². The van der Waals surface area contributed by atoms with Gasteiger partial charge in [-0.25, -0.2) is 0 Å². The predicted molar refractivity (Wildman–Crippen MR) is 96.0 cm³/mol. The Labute approximate surface area is 153 Å². The molecular weight excluding hydrogens is 332 g/mol. The molecule has 0 N–H and O–H groups in total. The highest BCUT2D eigenvalue weighted by Gasteiger charge is 2.33. The van der Waals surface area contributed by atoms with Gasteiger partial charge in [-0.1, -0.05) is 35.5 Å². The summed E-state index contributed by atoms with van der Waals surface area (Å²) in [6.45, 7) is 4.96. The van der Waals surface area contributed by atoms with Crippen molar-refractivity contribution in [2.45, 2.75) is 45.5 Å². The minimum absolute atomic E-state index is 0.0866. The molecule has 0 unspecified atom stereocenters. The zero-order chi connectivity index (χ0) is 18.4. The summed E-state index contributed by atoms with van der Waals surface area (Å²) in [5.74, 6) is 1.07. The van der Waals surface area contributed by atoms with Gasteiger partial charge in [0.05, 0.1) is 6.04 Å². The van der Waals surface area contributed by atoms with Gasteiger partial charge < -0.3 is 14.2 Å². The Morgan fingerprint density at radius 1 is 1.38 bits per heavy atom. The van der Waals surface area contributed by atoms with Gasteiger partial charge in [0.2, 0.25) is 11.8 Å². The molecule has 1 aliphatic heterocycles. The predicted octanol–water partition coefficient (Wildman–Crippen LogP) is 2.23. The molecule has 140 valence electrons. The zero-order valence-corrected chi connectivity index (χ0v) is 15.4. The second-order valence-electron chi connectivity index (χ2n) is 6.50. The van der Waals surface area contributed by atoms with Gasteiger partial charge in [0.1, 0.15) is 13.2 Å². The second-order valence-corrected chi connectivity index (χ2v) is 6.50. The molecule has 3 rings (SSSR count). The highest BCUT2D eigenvalue weighted by molar-refractivity contribution is 5.82. The number of ether oxygens (including phenoxy) is 1. The van der Waals surface area contributed by atoms with Crippen LogP contribution in [0.1, 0.15) is 37.0 Å². The molecule has 7 heteroatoms.